The van der Waals surface area contributed by atoms with Crippen molar-refractivity contribution < 1.29 is 4.79 Å². The highest BCUT2D eigenvalue weighted by Gasteiger charge is 2.14. The maximum atomic E-state index is 12.2. The summed E-state index contributed by atoms with van der Waals surface area (Å²) >= 11 is 0. The molecule has 24 heavy (non-hydrogen) atoms. The van der Waals surface area contributed by atoms with Crippen LogP contribution in [0.25, 0.3) is 22.6 Å². The lowest BCUT2D eigenvalue weighted by Gasteiger charge is -2.08. The number of aromatic nitrogens is 5. The van der Waals surface area contributed by atoms with E-state index in [0.29, 0.717) is 11.5 Å². The molecular weight excluding hydrogens is 304 g/mol. The molecule has 0 aliphatic rings. The van der Waals surface area contributed by atoms with E-state index in [9.17, 15) is 4.79 Å². The second kappa shape index (κ2) is 6.27. The fourth-order valence-corrected chi connectivity index (χ4v) is 2.49. The Bertz CT molecular complexity index is 860. The first-order chi connectivity index (χ1) is 11.5. The van der Waals surface area contributed by atoms with Crippen LogP contribution in [0, 0.1) is 0 Å². The molecule has 3 rings (SSSR count). The third kappa shape index (κ3) is 3.05. The van der Waals surface area contributed by atoms with E-state index in [1.165, 1.54) is 0 Å². The Morgan fingerprint density at radius 2 is 1.88 bits per heavy atom. The quantitative estimate of drug-likeness (QED) is 0.796. The smallest absolute Gasteiger partial charge is 0.268 e. The van der Waals surface area contributed by atoms with Gasteiger partial charge in [-0.15, -0.1) is 0 Å². The van der Waals surface area contributed by atoms with Crippen LogP contribution in [-0.4, -0.2) is 36.3 Å². The Morgan fingerprint density at radius 1 is 1.17 bits per heavy atom. The average Bonchev–Trinajstić information content (AvgIpc) is 3.13. The number of nitrogens with zero attached hydrogens (tertiary/aromatic N) is 5. The van der Waals surface area contributed by atoms with Gasteiger partial charge < -0.3 is 9.88 Å². The van der Waals surface area contributed by atoms with Gasteiger partial charge in [-0.25, -0.2) is 9.97 Å². The van der Waals surface area contributed by atoms with Gasteiger partial charge in [0.25, 0.3) is 5.91 Å². The summed E-state index contributed by atoms with van der Waals surface area (Å²) in [5.74, 6) is 0.527. The monoisotopic (exact) mass is 324 g/mol. The van der Waals surface area contributed by atoms with Crippen LogP contribution in [0.1, 0.15) is 24.3 Å². The third-order valence-corrected chi connectivity index (χ3v) is 3.69. The lowest BCUT2D eigenvalue weighted by atomic mass is 10.2. The van der Waals surface area contributed by atoms with Gasteiger partial charge in [0.2, 0.25) is 0 Å². The molecule has 0 atom stereocenters. The van der Waals surface area contributed by atoms with Crippen molar-refractivity contribution in [3.63, 3.8) is 0 Å². The summed E-state index contributed by atoms with van der Waals surface area (Å²) in [5, 5.41) is 7.02. The summed E-state index contributed by atoms with van der Waals surface area (Å²) in [5.41, 5.74) is 3.23. The first-order valence-electron chi connectivity index (χ1n) is 7.73. The van der Waals surface area contributed by atoms with E-state index < -0.39 is 0 Å². The summed E-state index contributed by atoms with van der Waals surface area (Å²) in [6.45, 7) is 3.87. The number of rotatable bonds is 4. The molecule has 0 bridgehead atoms. The minimum atomic E-state index is -0.0915. The molecule has 0 saturated carbocycles. The maximum Gasteiger partial charge on any atom is 0.268 e. The first-order valence-corrected chi connectivity index (χ1v) is 7.73. The summed E-state index contributed by atoms with van der Waals surface area (Å²) in [7, 11) is 3.70. The van der Waals surface area contributed by atoms with Crippen molar-refractivity contribution in [2.24, 2.45) is 14.1 Å². The zero-order chi connectivity index (χ0) is 17.3. The molecule has 7 nitrogen and oxygen atoms in total. The van der Waals surface area contributed by atoms with Crippen LogP contribution in [0.2, 0.25) is 0 Å². The Morgan fingerprint density at radius 3 is 2.46 bits per heavy atom. The van der Waals surface area contributed by atoms with Crippen LogP contribution in [0.15, 0.2) is 36.9 Å². The van der Waals surface area contributed by atoms with Crippen molar-refractivity contribution in [3.05, 3.63) is 42.6 Å². The van der Waals surface area contributed by atoms with Crippen molar-refractivity contribution in [3.8, 4) is 22.6 Å². The van der Waals surface area contributed by atoms with Gasteiger partial charge in [0.15, 0.2) is 5.82 Å². The van der Waals surface area contributed by atoms with E-state index in [1.807, 2.05) is 50.8 Å². The summed E-state index contributed by atoms with van der Waals surface area (Å²) < 4.78 is 3.54. The van der Waals surface area contributed by atoms with Crippen LogP contribution < -0.4 is 5.32 Å². The van der Waals surface area contributed by atoms with Gasteiger partial charge in [-0.2, -0.15) is 5.10 Å². The van der Waals surface area contributed by atoms with Gasteiger partial charge in [-0.1, -0.05) is 0 Å². The fourth-order valence-electron chi connectivity index (χ4n) is 2.49. The Labute approximate surface area is 140 Å². The number of carbonyl (C=O) groups is 1. The van der Waals surface area contributed by atoms with Gasteiger partial charge in [-0.05, 0) is 26.0 Å². The van der Waals surface area contributed by atoms with Crippen molar-refractivity contribution in [1.82, 2.24) is 29.6 Å². The minimum Gasteiger partial charge on any atom is -0.349 e. The van der Waals surface area contributed by atoms with Crippen molar-refractivity contribution in [2.45, 2.75) is 19.9 Å². The molecule has 0 fully saturated rings. The van der Waals surface area contributed by atoms with Crippen molar-refractivity contribution in [1.29, 1.82) is 0 Å². The van der Waals surface area contributed by atoms with E-state index in [4.69, 9.17) is 0 Å². The summed E-state index contributed by atoms with van der Waals surface area (Å²) in [6, 6.07) is 3.81. The minimum absolute atomic E-state index is 0.0915. The number of aryl methyl sites for hydroxylation is 2. The maximum absolute atomic E-state index is 12.2. The van der Waals surface area contributed by atoms with Gasteiger partial charge in [0.05, 0.1) is 0 Å². The SMILES string of the molecule is CC(C)NC(=O)c1cc(-c2cnc(-c3ccnn3C)nc2)cn1C. The largest absolute Gasteiger partial charge is 0.349 e. The zero-order valence-corrected chi connectivity index (χ0v) is 14.2. The highest BCUT2D eigenvalue weighted by molar-refractivity contribution is 5.94. The van der Waals surface area contributed by atoms with Crippen LogP contribution in [-0.2, 0) is 14.1 Å². The van der Waals surface area contributed by atoms with Crippen LogP contribution in [0.3, 0.4) is 0 Å². The van der Waals surface area contributed by atoms with Crippen molar-refractivity contribution >= 4 is 5.91 Å². The molecule has 3 aromatic heterocycles. The highest BCUT2D eigenvalue weighted by atomic mass is 16.2. The van der Waals surface area contributed by atoms with Gasteiger partial charge in [0, 0.05) is 56.1 Å². The fraction of sp³-hybridized carbons (Fsp3) is 0.294. The van der Waals surface area contributed by atoms with Crippen molar-refractivity contribution in [2.75, 3.05) is 0 Å². The zero-order valence-electron chi connectivity index (χ0n) is 14.2. The molecule has 0 saturated heterocycles. The van der Waals surface area contributed by atoms with Gasteiger partial charge in [-0.3, -0.25) is 9.48 Å². The Balaban J connectivity index is 1.87. The molecule has 0 unspecified atom stereocenters. The van der Waals surface area contributed by atoms with E-state index >= 15 is 0 Å². The molecule has 3 heterocycles. The molecule has 124 valence electrons. The highest BCUT2D eigenvalue weighted by Crippen LogP contribution is 2.22. The second-order valence-corrected chi connectivity index (χ2v) is 5.99. The molecule has 0 spiro atoms. The molecule has 1 N–H and O–H groups in total. The van der Waals surface area contributed by atoms with E-state index in [2.05, 4.69) is 20.4 Å². The normalized spacial score (nSPS) is 11.0. The first kappa shape index (κ1) is 15.9. The third-order valence-electron chi connectivity index (χ3n) is 3.69. The van der Waals surface area contributed by atoms with Crippen LogP contribution in [0.5, 0.6) is 0 Å². The molecule has 7 heteroatoms. The summed E-state index contributed by atoms with van der Waals surface area (Å²) in [6.07, 6.45) is 7.13. The van der Waals surface area contributed by atoms with Gasteiger partial charge in [0.1, 0.15) is 11.4 Å². The lowest BCUT2D eigenvalue weighted by Crippen LogP contribution is -2.31. The van der Waals surface area contributed by atoms with E-state index in [-0.39, 0.29) is 11.9 Å². The predicted octanol–water partition coefficient (Wildman–Crippen LogP) is 2.02. The van der Waals surface area contributed by atoms with Crippen LogP contribution >= 0.6 is 0 Å². The van der Waals surface area contributed by atoms with E-state index in [0.717, 1.165) is 16.8 Å². The lowest BCUT2D eigenvalue weighted by molar-refractivity contribution is 0.0935. The Kier molecular flexibility index (Phi) is 4.16. The van der Waals surface area contributed by atoms with Crippen LogP contribution in [0.4, 0.5) is 0 Å². The average molecular weight is 324 g/mol. The Hall–Kier alpha value is -2.96. The molecule has 0 aliphatic heterocycles. The number of amides is 1. The number of nitrogens with one attached hydrogen (secondary N) is 1. The number of hydrogen-bond donors (Lipinski definition) is 1. The standard InChI is InChI=1S/C17H20N6O/c1-11(2)21-17(24)15-7-12(10-22(15)3)13-8-18-16(19-9-13)14-5-6-20-23(14)4/h5-11H,1-4H3,(H,21,24). The van der Waals surface area contributed by atoms with E-state index in [1.54, 1.807) is 23.3 Å². The molecule has 0 aliphatic carbocycles. The number of hydrogen-bond acceptors (Lipinski definition) is 4. The number of carbonyl (C=O) groups excluding carboxylic acids is 1. The molecule has 0 aromatic carbocycles. The molecule has 1 amide bonds. The summed E-state index contributed by atoms with van der Waals surface area (Å²) in [4.78, 5) is 21.0. The molecule has 3 aromatic rings. The molecular formula is C17H20N6O. The second-order valence-electron chi connectivity index (χ2n) is 5.99. The predicted molar refractivity (Wildman–Crippen MR) is 91.2 cm³/mol. The molecule has 0 radical (unpaired) electrons. The topological polar surface area (TPSA) is 77.6 Å². The van der Waals surface area contributed by atoms with Gasteiger partial charge >= 0.3 is 0 Å².